The molecular weight excluding hydrogens is 531 g/mol. The predicted molar refractivity (Wildman–Crippen MR) is 145 cm³/mol. The van der Waals surface area contributed by atoms with Gasteiger partial charge in [-0.05, 0) is 25.0 Å². The molecule has 0 fully saturated rings. The van der Waals surface area contributed by atoms with Gasteiger partial charge in [-0.1, -0.05) is 122 Å². The Morgan fingerprint density at radius 2 is 1.13 bits per heavy atom. The van der Waals surface area contributed by atoms with Crippen molar-refractivity contribution in [3.8, 4) is 0 Å². The Hall–Kier alpha value is -0.294. The first kappa shape index (κ1) is 37.7. The van der Waals surface area contributed by atoms with E-state index < -0.39 is 27.5 Å². The summed E-state index contributed by atoms with van der Waals surface area (Å²) < 4.78 is 44.3. The van der Waals surface area contributed by atoms with Crippen molar-refractivity contribution in [3.63, 3.8) is 0 Å². The predicted octanol–water partition coefficient (Wildman–Crippen LogP) is 4.55. The second kappa shape index (κ2) is 23.4. The topological polar surface area (TPSA) is 110 Å². The molecule has 0 aliphatic heterocycles. The summed E-state index contributed by atoms with van der Waals surface area (Å²) in [5.41, 5.74) is -1.91. The zero-order valence-corrected chi connectivity index (χ0v) is 27.8. The van der Waals surface area contributed by atoms with Crippen LogP contribution in [0.2, 0.25) is 0 Å². The average molecular weight is 579 g/mol. The Bertz CT molecular complexity index is 873. The van der Waals surface area contributed by atoms with Gasteiger partial charge in [-0.15, -0.1) is 0 Å². The van der Waals surface area contributed by atoms with Gasteiger partial charge < -0.3 is 14.0 Å². The number of unbranched alkanes of at least 4 members (excludes halogenated alkanes) is 14. The Morgan fingerprint density at radius 1 is 0.711 bits per heavy atom. The van der Waals surface area contributed by atoms with E-state index in [1.54, 1.807) is 13.0 Å². The molecule has 38 heavy (non-hydrogen) atoms. The van der Waals surface area contributed by atoms with Crippen molar-refractivity contribution in [1.82, 2.24) is 0 Å². The van der Waals surface area contributed by atoms with Gasteiger partial charge in [0.15, 0.2) is 5.44 Å². The van der Waals surface area contributed by atoms with Gasteiger partial charge in [-0.3, -0.25) is 0 Å². The Balaban J connectivity index is 0.0000137. The third kappa shape index (κ3) is 17.4. The summed E-state index contributed by atoms with van der Waals surface area (Å²) in [6.45, 7) is 4.17. The van der Waals surface area contributed by atoms with Crippen LogP contribution in [0, 0.1) is 0 Å². The van der Waals surface area contributed by atoms with Crippen molar-refractivity contribution in [2.75, 3.05) is 6.61 Å². The zero-order chi connectivity index (χ0) is 27.4. The van der Waals surface area contributed by atoms with Crippen molar-refractivity contribution in [2.45, 2.75) is 128 Å². The van der Waals surface area contributed by atoms with E-state index in [1.165, 1.54) is 95.2 Å². The number of benzene rings is 1. The molecule has 0 bridgehead atoms. The van der Waals surface area contributed by atoms with Crippen LogP contribution in [-0.4, -0.2) is 37.0 Å². The fourth-order valence-corrected chi connectivity index (χ4v) is 4.97. The molecule has 0 aliphatic rings. The molecule has 1 rings (SSSR count). The maximum atomic E-state index is 12.5. The van der Waals surface area contributed by atoms with Gasteiger partial charge in [0.2, 0.25) is 0 Å². The molecule has 1 atom stereocenters. The smallest absolute Gasteiger partial charge is 0.745 e. The fraction of sp³-hybridized carbons (Fsp3) is 0.724. The second-order valence-electron chi connectivity index (χ2n) is 9.75. The summed E-state index contributed by atoms with van der Waals surface area (Å²) in [6, 6.07) is 5.89. The molecule has 0 saturated heterocycles. The molecule has 7 nitrogen and oxygen atoms in total. The van der Waals surface area contributed by atoms with Crippen LogP contribution in [0.25, 0.3) is 0 Å². The van der Waals surface area contributed by atoms with Crippen molar-refractivity contribution in [1.29, 1.82) is 0 Å². The minimum atomic E-state index is -4.81. The van der Waals surface area contributed by atoms with Crippen molar-refractivity contribution in [2.24, 2.45) is 0 Å². The summed E-state index contributed by atoms with van der Waals surface area (Å²) in [5.74, 6) is -1.70. The van der Waals surface area contributed by atoms with E-state index in [9.17, 15) is 22.6 Å². The van der Waals surface area contributed by atoms with Crippen LogP contribution >= 0.6 is 0 Å². The third-order valence-corrected chi connectivity index (χ3v) is 7.41. The molecule has 0 aliphatic carbocycles. The Labute approximate surface area is 273 Å². The molecule has 0 aromatic heterocycles. The molecule has 0 heterocycles. The molecule has 9 heteroatoms. The van der Waals surface area contributed by atoms with Crippen LogP contribution in [0.15, 0.2) is 24.3 Å². The Morgan fingerprint density at radius 3 is 1.55 bits per heavy atom. The molecule has 1 aromatic rings. The standard InChI is InChI=1S/C29H48O7S.K/c1-3-5-6-7-8-9-10-11-12-13-14-15-16-17-20-24-35-28(30)25-22-18-19-23-26(25)29(31)36-27(21-4-2)37(32,33)34;/h18-19,22-23,27H,3-17,20-21,24H2,1-2H3,(H,32,33,34);/q;+1/p-1. The van der Waals surface area contributed by atoms with Crippen LogP contribution in [0.5, 0.6) is 0 Å². The number of carbonyl (C=O) groups excluding carboxylic acids is 2. The van der Waals surface area contributed by atoms with E-state index in [-0.39, 0.29) is 75.5 Å². The van der Waals surface area contributed by atoms with Gasteiger partial charge in [-0.25, -0.2) is 18.0 Å². The van der Waals surface area contributed by atoms with Crippen molar-refractivity contribution >= 4 is 22.1 Å². The van der Waals surface area contributed by atoms with Gasteiger partial charge >= 0.3 is 63.3 Å². The summed E-state index contributed by atoms with van der Waals surface area (Å²) >= 11 is 0. The maximum absolute atomic E-state index is 12.5. The Kier molecular flexibility index (Phi) is 23.2. The summed E-state index contributed by atoms with van der Waals surface area (Å²) in [5, 5.41) is 0. The number of rotatable bonds is 22. The molecule has 1 unspecified atom stereocenters. The van der Waals surface area contributed by atoms with Crippen LogP contribution in [0.1, 0.15) is 144 Å². The second-order valence-corrected chi connectivity index (χ2v) is 11.3. The normalized spacial score (nSPS) is 12.0. The monoisotopic (exact) mass is 578 g/mol. The van der Waals surface area contributed by atoms with Gasteiger partial charge in [0, 0.05) is 0 Å². The van der Waals surface area contributed by atoms with Crippen LogP contribution in [0.3, 0.4) is 0 Å². The van der Waals surface area contributed by atoms with Gasteiger partial charge in [0.05, 0.1) is 17.7 Å². The summed E-state index contributed by atoms with van der Waals surface area (Å²) in [6.07, 6.45) is 19.0. The van der Waals surface area contributed by atoms with E-state index in [4.69, 9.17) is 9.47 Å². The fourth-order valence-electron chi connectivity index (χ4n) is 4.24. The summed E-state index contributed by atoms with van der Waals surface area (Å²) in [4.78, 5) is 25.0. The third-order valence-electron chi connectivity index (χ3n) is 6.43. The quantitative estimate of drug-likeness (QED) is 0.0859. The SMILES string of the molecule is CCCCCCCCCCCCCCCCCOC(=O)c1ccccc1C(=O)OC(CCC)S(=O)(=O)[O-].[K+]. The molecule has 212 valence electrons. The van der Waals surface area contributed by atoms with Crippen molar-refractivity contribution in [3.05, 3.63) is 35.4 Å². The number of hydrogen-bond donors (Lipinski definition) is 0. The molecule has 0 N–H and O–H groups in total. The van der Waals surface area contributed by atoms with Crippen LogP contribution in [0.4, 0.5) is 0 Å². The molecule has 1 aromatic carbocycles. The van der Waals surface area contributed by atoms with E-state index in [2.05, 4.69) is 6.92 Å². The van der Waals surface area contributed by atoms with E-state index >= 15 is 0 Å². The molecule has 0 radical (unpaired) electrons. The molecule has 0 spiro atoms. The number of hydrogen-bond acceptors (Lipinski definition) is 7. The summed E-state index contributed by atoms with van der Waals surface area (Å²) in [7, 11) is -4.81. The minimum Gasteiger partial charge on any atom is -0.745 e. The minimum absolute atomic E-state index is 0. The van der Waals surface area contributed by atoms with Crippen LogP contribution < -0.4 is 51.4 Å². The van der Waals surface area contributed by atoms with E-state index in [1.807, 2.05) is 0 Å². The zero-order valence-electron chi connectivity index (χ0n) is 23.9. The first-order valence-electron chi connectivity index (χ1n) is 14.2. The molecule has 0 saturated carbocycles. The van der Waals surface area contributed by atoms with E-state index in [0.717, 1.165) is 19.3 Å². The molecule has 0 amide bonds. The largest absolute Gasteiger partial charge is 1.00 e. The van der Waals surface area contributed by atoms with Gasteiger partial charge in [0.25, 0.3) is 0 Å². The number of esters is 2. The number of ether oxygens (including phenoxy) is 2. The van der Waals surface area contributed by atoms with E-state index in [0.29, 0.717) is 6.42 Å². The first-order chi connectivity index (χ1) is 17.8. The first-order valence-corrected chi connectivity index (χ1v) is 15.7. The van der Waals surface area contributed by atoms with Crippen molar-refractivity contribution < 1.29 is 83.4 Å². The van der Waals surface area contributed by atoms with Crippen LogP contribution in [-0.2, 0) is 19.6 Å². The van der Waals surface area contributed by atoms with Gasteiger partial charge in [-0.2, -0.15) is 0 Å². The maximum Gasteiger partial charge on any atom is 1.00 e. The molecular formula is C29H47KO7S. The average Bonchev–Trinajstić information content (AvgIpc) is 2.87. The number of carbonyl (C=O) groups is 2. The van der Waals surface area contributed by atoms with Gasteiger partial charge in [0.1, 0.15) is 10.1 Å².